The van der Waals surface area contributed by atoms with Gasteiger partial charge in [-0.15, -0.1) is 0 Å². The highest BCUT2D eigenvalue weighted by molar-refractivity contribution is 7.89. The Morgan fingerprint density at radius 1 is 0.914 bits per heavy atom. The van der Waals surface area contributed by atoms with Crippen molar-refractivity contribution in [3.63, 3.8) is 0 Å². The second-order valence-corrected chi connectivity index (χ2v) is 11.0. The van der Waals surface area contributed by atoms with Crippen molar-refractivity contribution in [1.82, 2.24) is 14.6 Å². The van der Waals surface area contributed by atoms with Crippen LogP contribution in [0.4, 0.5) is 5.69 Å². The molecule has 2 N–H and O–H groups in total. The molecule has 1 heterocycles. The van der Waals surface area contributed by atoms with Crippen molar-refractivity contribution in [2.45, 2.75) is 10.8 Å². The number of hydrogen-bond acceptors (Lipinski definition) is 4. The van der Waals surface area contributed by atoms with Crippen LogP contribution in [-0.2, 0) is 10.0 Å². The smallest absolute Gasteiger partial charge is 0.251 e. The van der Waals surface area contributed by atoms with Crippen LogP contribution in [0.3, 0.4) is 0 Å². The van der Waals surface area contributed by atoms with E-state index in [1.54, 1.807) is 0 Å². The largest absolute Gasteiger partial charge is 0.378 e. The van der Waals surface area contributed by atoms with Crippen molar-refractivity contribution in [3.05, 3.63) is 95.7 Å². The summed E-state index contributed by atoms with van der Waals surface area (Å²) in [5.74, 6) is -0.326. The lowest BCUT2D eigenvalue weighted by Crippen LogP contribution is -2.29. The van der Waals surface area contributed by atoms with E-state index in [1.807, 2.05) is 43.4 Å². The standard InChI is InChI=1S/C27H30N4O3S/c1-30(2)21-13-9-19(10-14-21)24(25-18-28-26-8-6-5-7-23(25)26)17-29-27(32)20-11-15-22(16-12-20)35(33,34)31(3)4/h5-16,18,24,28H,17H2,1-4H3,(H,29,32)/t24-/m1/s1. The zero-order chi connectivity index (χ0) is 25.2. The molecule has 182 valence electrons. The third-order valence-corrected chi connectivity index (χ3v) is 8.00. The van der Waals surface area contributed by atoms with E-state index in [4.69, 9.17) is 0 Å². The number of aromatic nitrogens is 1. The number of anilines is 1. The average Bonchev–Trinajstić information content (AvgIpc) is 3.28. The fourth-order valence-corrected chi connectivity index (χ4v) is 4.98. The third-order valence-electron chi connectivity index (χ3n) is 6.17. The maximum Gasteiger partial charge on any atom is 0.251 e. The average molecular weight is 491 g/mol. The molecule has 0 saturated heterocycles. The maximum absolute atomic E-state index is 13.0. The molecule has 0 unspecified atom stereocenters. The molecule has 1 aromatic heterocycles. The summed E-state index contributed by atoms with van der Waals surface area (Å²) in [6, 6.07) is 22.4. The molecule has 0 bridgehead atoms. The normalized spacial score (nSPS) is 12.6. The first-order valence-corrected chi connectivity index (χ1v) is 12.8. The van der Waals surface area contributed by atoms with E-state index in [2.05, 4.69) is 40.6 Å². The third kappa shape index (κ3) is 5.08. The zero-order valence-electron chi connectivity index (χ0n) is 20.3. The summed E-state index contributed by atoms with van der Waals surface area (Å²) in [6.07, 6.45) is 2.00. The van der Waals surface area contributed by atoms with Crippen molar-refractivity contribution in [1.29, 1.82) is 0 Å². The molecule has 0 radical (unpaired) electrons. The second kappa shape index (κ2) is 9.93. The predicted molar refractivity (Wildman–Crippen MR) is 141 cm³/mol. The summed E-state index contributed by atoms with van der Waals surface area (Å²) in [6.45, 7) is 0.389. The number of sulfonamides is 1. The summed E-state index contributed by atoms with van der Waals surface area (Å²) >= 11 is 0. The molecule has 8 heteroatoms. The van der Waals surface area contributed by atoms with Crippen LogP contribution in [0.1, 0.15) is 27.4 Å². The summed E-state index contributed by atoms with van der Waals surface area (Å²) in [7, 11) is 3.41. The Balaban J connectivity index is 1.60. The number of fused-ring (bicyclic) bond motifs is 1. The van der Waals surface area contributed by atoms with Gasteiger partial charge in [0.1, 0.15) is 0 Å². The van der Waals surface area contributed by atoms with Crippen LogP contribution in [0.5, 0.6) is 0 Å². The van der Waals surface area contributed by atoms with Gasteiger partial charge < -0.3 is 15.2 Å². The molecular formula is C27H30N4O3S. The number of benzene rings is 3. The molecule has 0 saturated carbocycles. The molecule has 1 amide bonds. The molecule has 0 aliphatic heterocycles. The van der Waals surface area contributed by atoms with Crippen molar-refractivity contribution in [2.24, 2.45) is 0 Å². The van der Waals surface area contributed by atoms with E-state index in [9.17, 15) is 13.2 Å². The number of rotatable bonds is 8. The lowest BCUT2D eigenvalue weighted by molar-refractivity contribution is 0.0952. The van der Waals surface area contributed by atoms with Gasteiger partial charge in [-0.1, -0.05) is 30.3 Å². The summed E-state index contributed by atoms with van der Waals surface area (Å²) in [5, 5.41) is 4.16. The van der Waals surface area contributed by atoms with Gasteiger partial charge in [0.2, 0.25) is 10.0 Å². The summed E-state index contributed by atoms with van der Waals surface area (Å²) in [4.78, 5) is 18.5. The molecule has 3 aromatic carbocycles. The number of hydrogen-bond donors (Lipinski definition) is 2. The minimum atomic E-state index is -3.55. The number of aromatic amines is 1. The number of H-pyrrole nitrogens is 1. The van der Waals surface area contributed by atoms with Crippen LogP contribution in [0, 0.1) is 0 Å². The van der Waals surface area contributed by atoms with E-state index in [-0.39, 0.29) is 16.7 Å². The summed E-state index contributed by atoms with van der Waals surface area (Å²) in [5.41, 5.74) is 4.74. The Morgan fingerprint density at radius 2 is 1.57 bits per heavy atom. The summed E-state index contributed by atoms with van der Waals surface area (Å²) < 4.78 is 25.8. The van der Waals surface area contributed by atoms with Crippen LogP contribution in [0.15, 0.2) is 83.9 Å². The molecule has 0 aliphatic rings. The minimum absolute atomic E-state index is 0.0697. The first-order chi connectivity index (χ1) is 16.7. The topological polar surface area (TPSA) is 85.5 Å². The van der Waals surface area contributed by atoms with E-state index >= 15 is 0 Å². The number of nitrogens with zero attached hydrogens (tertiary/aromatic N) is 2. The lowest BCUT2D eigenvalue weighted by atomic mass is 9.90. The van der Waals surface area contributed by atoms with E-state index in [1.165, 1.54) is 38.4 Å². The van der Waals surface area contributed by atoms with Gasteiger partial charge in [-0.25, -0.2) is 12.7 Å². The number of nitrogens with one attached hydrogen (secondary N) is 2. The van der Waals surface area contributed by atoms with Crippen LogP contribution in [0.2, 0.25) is 0 Å². The van der Waals surface area contributed by atoms with Gasteiger partial charge in [0, 0.05) is 69.0 Å². The van der Waals surface area contributed by atoms with Gasteiger partial charge in [-0.05, 0) is 53.6 Å². The molecular weight excluding hydrogens is 460 g/mol. The van der Waals surface area contributed by atoms with Crippen molar-refractivity contribution in [3.8, 4) is 0 Å². The van der Waals surface area contributed by atoms with Gasteiger partial charge >= 0.3 is 0 Å². The number of para-hydroxylation sites is 1. The highest BCUT2D eigenvalue weighted by Gasteiger charge is 2.21. The first kappa shape index (κ1) is 24.5. The fraction of sp³-hybridized carbons (Fsp3) is 0.222. The number of carbonyl (C=O) groups excluding carboxylic acids is 1. The molecule has 4 rings (SSSR count). The maximum atomic E-state index is 13.0. The molecule has 4 aromatic rings. The minimum Gasteiger partial charge on any atom is -0.378 e. The lowest BCUT2D eigenvalue weighted by Gasteiger charge is -2.20. The quantitative estimate of drug-likeness (QED) is 0.390. The molecule has 1 atom stereocenters. The Morgan fingerprint density at radius 3 is 2.20 bits per heavy atom. The molecule has 7 nitrogen and oxygen atoms in total. The Hall–Kier alpha value is -3.62. The Bertz CT molecular complexity index is 1420. The highest BCUT2D eigenvalue weighted by Crippen LogP contribution is 2.31. The van der Waals surface area contributed by atoms with Crippen molar-refractivity contribution < 1.29 is 13.2 Å². The predicted octanol–water partition coefficient (Wildman–Crippen LogP) is 4.05. The van der Waals surface area contributed by atoms with Crippen LogP contribution >= 0.6 is 0 Å². The monoisotopic (exact) mass is 490 g/mol. The Labute approximate surface area is 206 Å². The molecule has 0 fully saturated rings. The molecule has 0 aliphatic carbocycles. The SMILES string of the molecule is CN(C)c1ccc([C@@H](CNC(=O)c2ccc(S(=O)(=O)N(C)C)cc2)c2c[nH]c3ccccc23)cc1. The van der Waals surface area contributed by atoms with Crippen LogP contribution in [-0.4, -0.2) is 58.3 Å². The van der Waals surface area contributed by atoms with Crippen molar-refractivity contribution in [2.75, 3.05) is 39.6 Å². The Kier molecular flexibility index (Phi) is 6.95. The van der Waals surface area contributed by atoms with E-state index in [0.29, 0.717) is 12.1 Å². The van der Waals surface area contributed by atoms with Crippen molar-refractivity contribution >= 4 is 32.5 Å². The van der Waals surface area contributed by atoms with Gasteiger partial charge in [0.25, 0.3) is 5.91 Å². The van der Waals surface area contributed by atoms with Gasteiger partial charge in [0.05, 0.1) is 4.90 Å². The van der Waals surface area contributed by atoms with Gasteiger partial charge in [-0.2, -0.15) is 0 Å². The van der Waals surface area contributed by atoms with Crippen LogP contribution < -0.4 is 10.2 Å². The number of amides is 1. The van der Waals surface area contributed by atoms with Crippen LogP contribution in [0.25, 0.3) is 10.9 Å². The fourth-order valence-electron chi connectivity index (χ4n) is 4.08. The molecule has 0 spiro atoms. The second-order valence-electron chi connectivity index (χ2n) is 8.85. The highest BCUT2D eigenvalue weighted by atomic mass is 32.2. The number of carbonyl (C=O) groups is 1. The van der Waals surface area contributed by atoms with E-state index in [0.717, 1.165) is 32.0 Å². The van der Waals surface area contributed by atoms with Gasteiger partial charge in [-0.3, -0.25) is 4.79 Å². The van der Waals surface area contributed by atoms with Gasteiger partial charge in [0.15, 0.2) is 0 Å². The first-order valence-electron chi connectivity index (χ1n) is 11.3. The molecule has 35 heavy (non-hydrogen) atoms. The van der Waals surface area contributed by atoms with E-state index < -0.39 is 10.0 Å². The zero-order valence-corrected chi connectivity index (χ0v) is 21.1.